The molecule has 8 aliphatic rings. The first-order valence-electron chi connectivity index (χ1n) is 44.0. The molecule has 0 unspecified atom stereocenters. The third kappa shape index (κ3) is 23.9. The van der Waals surface area contributed by atoms with Crippen molar-refractivity contribution >= 4 is 78.0 Å². The lowest BCUT2D eigenvalue weighted by Gasteiger charge is -2.34. The van der Waals surface area contributed by atoms with E-state index in [0.717, 1.165) is 300 Å². The Morgan fingerprint density at radius 3 is 0.899 bits per heavy atom. The van der Waals surface area contributed by atoms with Gasteiger partial charge in [0.05, 0.1) is 85.0 Å². The molecule has 0 atom stereocenters. The molecule has 0 radical (unpaired) electrons. The van der Waals surface area contributed by atoms with Gasteiger partial charge in [0.15, 0.2) is 46.0 Å². The van der Waals surface area contributed by atoms with Crippen molar-refractivity contribution in [1.82, 2.24) is 59.1 Å². The highest BCUT2D eigenvalue weighted by Crippen LogP contribution is 2.42. The van der Waals surface area contributed by atoms with Crippen LogP contribution in [-0.2, 0) is 0 Å². The molecule has 0 bridgehead atoms. The summed E-state index contributed by atoms with van der Waals surface area (Å²) in [4.78, 5) is 43.6. The smallest absolute Gasteiger partial charge is 0.215 e. The Morgan fingerprint density at radius 1 is 0.294 bits per heavy atom. The standard InChI is InChI=1S/C28H44N6O2.C24H36N4O3.C22H33N5O2.C18H25N3O2/c1-31-12-7-22(8-13-31)29-25-21-28(34-16-14-32(2)15-17-34)30-24-20-27(26(35-3)19-23(24)25)36-18-6-11-33-9-4-5-10-33;1-27-12-7-18(8-13-27)25-21-17-24(30-3)26-20-16-23(22(29-2)15-19(20)21)31-14-6-11-28-9-4-5-10-28;1-25-7-5-16(6-8-25)23-19-15-22(27-11-9-26(2)10-12-27)24-18-14-21(29-4)20(28-3)13-17(18)19;1-12-9-15(20-13-5-7-21(2)8-6-13)14-10-17(22-3)18(23-4)11-16(14)19-12/h19-22H,4-18H2,1-3H3,(H,29,30);15-18H,4-14H2,1-3H3,(H,25,26);13-16H,5-12H2,1-4H3,(H,23,24);9-11,13H,5-8H2,1-4H3,(H,19,20). The quantitative estimate of drug-likeness (QED) is 0.0352. The van der Waals surface area contributed by atoms with Crippen LogP contribution in [0.2, 0.25) is 0 Å². The molecule has 4 aromatic carbocycles. The first-order valence-corrected chi connectivity index (χ1v) is 44.0. The van der Waals surface area contributed by atoms with Crippen molar-refractivity contribution in [3.8, 4) is 51.9 Å². The van der Waals surface area contributed by atoms with E-state index < -0.39 is 0 Å². The molecule has 8 aromatic rings. The second kappa shape index (κ2) is 43.1. The van der Waals surface area contributed by atoms with Crippen LogP contribution in [0.4, 0.5) is 34.4 Å². The van der Waals surface area contributed by atoms with Crippen LogP contribution in [0.15, 0.2) is 72.8 Å². The van der Waals surface area contributed by atoms with Crippen molar-refractivity contribution in [3.05, 3.63) is 78.5 Å². The number of piperidine rings is 4. The summed E-state index contributed by atoms with van der Waals surface area (Å²) in [6.07, 6.45) is 16.5. The van der Waals surface area contributed by atoms with Crippen molar-refractivity contribution < 1.29 is 42.6 Å². The Hall–Kier alpha value is -8.80. The molecule has 4 aromatic heterocycles. The van der Waals surface area contributed by atoms with E-state index in [4.69, 9.17) is 52.6 Å². The van der Waals surface area contributed by atoms with E-state index in [1.165, 1.54) is 51.9 Å². The molecular weight excluding hydrogens is 1500 g/mol. The summed E-state index contributed by atoms with van der Waals surface area (Å²) in [6.45, 7) is 27.7. The van der Waals surface area contributed by atoms with Crippen LogP contribution in [-0.4, -0.2) is 333 Å². The average molecular weight is 1640 g/mol. The zero-order chi connectivity index (χ0) is 83.3. The van der Waals surface area contributed by atoms with Crippen LogP contribution in [0.25, 0.3) is 43.6 Å². The fourth-order valence-corrected chi connectivity index (χ4v) is 17.6. The Labute approximate surface area is 707 Å². The maximum atomic E-state index is 6.26. The summed E-state index contributed by atoms with van der Waals surface area (Å²) < 4.78 is 51.2. The molecule has 4 N–H and O–H groups in total. The molecule has 0 amide bonds. The van der Waals surface area contributed by atoms with E-state index in [2.05, 4.69) is 153 Å². The lowest BCUT2D eigenvalue weighted by atomic mass is 10.0. The number of hydrogen-bond donors (Lipinski definition) is 4. The van der Waals surface area contributed by atoms with Gasteiger partial charge < -0.3 is 113 Å². The molecule has 27 heteroatoms. The monoisotopic (exact) mass is 1640 g/mol. The number of benzene rings is 4. The zero-order valence-electron chi connectivity index (χ0n) is 74.0. The highest BCUT2D eigenvalue weighted by molar-refractivity contribution is 5.98. The number of likely N-dealkylation sites (tertiary alicyclic amines) is 6. The van der Waals surface area contributed by atoms with E-state index in [0.29, 0.717) is 54.8 Å². The minimum absolute atomic E-state index is 0.444. The van der Waals surface area contributed by atoms with E-state index in [-0.39, 0.29) is 0 Å². The summed E-state index contributed by atoms with van der Waals surface area (Å²) in [6, 6.07) is 26.7. The van der Waals surface area contributed by atoms with Crippen LogP contribution in [0.3, 0.4) is 0 Å². The van der Waals surface area contributed by atoms with Crippen molar-refractivity contribution in [2.45, 2.75) is 121 Å². The van der Waals surface area contributed by atoms with Gasteiger partial charge in [0, 0.05) is 182 Å². The fraction of sp³-hybridized carbons (Fsp3) is 0.609. The molecule has 0 aliphatic carbocycles. The summed E-state index contributed by atoms with van der Waals surface area (Å²) in [5, 5.41) is 19.4. The molecule has 0 spiro atoms. The molecule has 650 valence electrons. The van der Waals surface area contributed by atoms with Gasteiger partial charge in [-0.25, -0.2) is 15.0 Å². The number of piperazine rings is 2. The van der Waals surface area contributed by atoms with Crippen LogP contribution in [0, 0.1) is 6.92 Å². The number of anilines is 6. The minimum atomic E-state index is 0.444. The molecule has 119 heavy (non-hydrogen) atoms. The van der Waals surface area contributed by atoms with Gasteiger partial charge in [-0.05, 0) is 248 Å². The predicted octanol–water partition coefficient (Wildman–Crippen LogP) is 12.6. The van der Waals surface area contributed by atoms with Crippen LogP contribution in [0.5, 0.6) is 51.9 Å². The highest BCUT2D eigenvalue weighted by Gasteiger charge is 2.28. The third-order valence-electron chi connectivity index (χ3n) is 25.2. The second-order valence-electron chi connectivity index (χ2n) is 34.0. The Bertz CT molecular complexity index is 4520. The van der Waals surface area contributed by atoms with Gasteiger partial charge in [0.2, 0.25) is 5.88 Å². The van der Waals surface area contributed by atoms with Crippen molar-refractivity contribution in [2.24, 2.45) is 0 Å². The molecule has 0 saturated carbocycles. The van der Waals surface area contributed by atoms with Gasteiger partial charge in [0.25, 0.3) is 0 Å². The van der Waals surface area contributed by atoms with Gasteiger partial charge >= 0.3 is 0 Å². The second-order valence-corrected chi connectivity index (χ2v) is 34.0. The lowest BCUT2D eigenvalue weighted by Crippen LogP contribution is -2.44. The highest BCUT2D eigenvalue weighted by atomic mass is 16.5. The number of pyridine rings is 4. The SMILES string of the molecule is COc1cc(NC2CCN(C)CC2)c2cc(OC)c(OCCCN3CCCC3)cc2n1.COc1cc2c(NC3CCN(C)CC3)cc(N3CCN(C)CC3)nc2cc1OCCCN1CCCC1.COc1cc2nc(C)cc(NC3CCN(C)CC3)c2cc1OC.COc1cc2nc(N3CCN(C)CC3)cc(NC3CCN(C)CC3)c2cc1OC. The third-order valence-corrected chi connectivity index (χ3v) is 25.2. The number of aromatic nitrogens is 4. The van der Waals surface area contributed by atoms with Crippen molar-refractivity contribution in [1.29, 1.82) is 0 Å². The number of ether oxygens (including phenoxy) is 9. The van der Waals surface area contributed by atoms with Gasteiger partial charge in [0.1, 0.15) is 11.6 Å². The normalized spacial score (nSPS) is 19.0. The molecule has 8 fully saturated rings. The summed E-state index contributed by atoms with van der Waals surface area (Å²) in [5.41, 5.74) is 9.15. The fourth-order valence-electron chi connectivity index (χ4n) is 17.6. The molecule has 8 saturated heterocycles. The number of likely N-dealkylation sites (N-methyl/N-ethyl adjacent to an activating group) is 2. The molecule has 16 rings (SSSR count). The molecule has 27 nitrogen and oxygen atoms in total. The van der Waals surface area contributed by atoms with Crippen molar-refractivity contribution in [2.75, 3.05) is 280 Å². The first kappa shape index (κ1) is 88.0. The van der Waals surface area contributed by atoms with Gasteiger partial charge in [-0.15, -0.1) is 0 Å². The van der Waals surface area contributed by atoms with Crippen molar-refractivity contribution in [3.63, 3.8) is 0 Å². The lowest BCUT2D eigenvalue weighted by molar-refractivity contribution is 0.254. The summed E-state index contributed by atoms with van der Waals surface area (Å²) in [5.74, 6) is 8.64. The molecule has 8 aliphatic heterocycles. The number of fused-ring (bicyclic) bond motifs is 4. The summed E-state index contributed by atoms with van der Waals surface area (Å²) >= 11 is 0. The largest absolute Gasteiger partial charge is 0.493 e. The van der Waals surface area contributed by atoms with Gasteiger partial charge in [-0.1, -0.05) is 0 Å². The van der Waals surface area contributed by atoms with E-state index in [9.17, 15) is 0 Å². The number of aryl methyl sites for hydroxylation is 1. The first-order chi connectivity index (χ1) is 57.9. The average Bonchev–Trinajstić information content (AvgIpc) is 1.05. The van der Waals surface area contributed by atoms with E-state index >= 15 is 0 Å². The maximum absolute atomic E-state index is 6.26. The molecular formula is C92H138N18O9. The molecule has 12 heterocycles. The summed E-state index contributed by atoms with van der Waals surface area (Å²) in [7, 11) is 24.9. The number of hydrogen-bond acceptors (Lipinski definition) is 27. The minimum Gasteiger partial charge on any atom is -0.493 e. The maximum Gasteiger partial charge on any atom is 0.215 e. The Balaban J connectivity index is 0.000000139. The predicted molar refractivity (Wildman–Crippen MR) is 485 cm³/mol. The van der Waals surface area contributed by atoms with Crippen LogP contribution >= 0.6 is 0 Å². The van der Waals surface area contributed by atoms with Crippen LogP contribution < -0.4 is 73.7 Å². The van der Waals surface area contributed by atoms with E-state index in [1.807, 2.05) is 49.4 Å². The van der Waals surface area contributed by atoms with E-state index in [1.54, 1.807) is 49.8 Å². The number of rotatable bonds is 27. The number of nitrogens with one attached hydrogen (secondary N) is 4. The number of nitrogens with zero attached hydrogens (tertiary/aromatic N) is 14. The zero-order valence-corrected chi connectivity index (χ0v) is 74.0. The topological polar surface area (TPSA) is 215 Å². The van der Waals surface area contributed by atoms with Gasteiger partial charge in [-0.2, -0.15) is 0 Å². The van der Waals surface area contributed by atoms with Gasteiger partial charge in [-0.3, -0.25) is 4.98 Å². The number of methoxy groups -OCH3 is 7. The Kier molecular flexibility index (Phi) is 31.9. The Morgan fingerprint density at radius 2 is 0.571 bits per heavy atom. The van der Waals surface area contributed by atoms with Crippen LogP contribution in [0.1, 0.15) is 95.6 Å².